The van der Waals surface area contributed by atoms with Crippen LogP contribution in [0.3, 0.4) is 0 Å². The second-order valence-corrected chi connectivity index (χ2v) is 6.28. The Morgan fingerprint density at radius 3 is 2.57 bits per heavy atom. The minimum atomic E-state index is -0.962. The summed E-state index contributed by atoms with van der Waals surface area (Å²) in [6, 6.07) is 9.72. The van der Waals surface area contributed by atoms with E-state index >= 15 is 0 Å². The van der Waals surface area contributed by atoms with Crippen molar-refractivity contribution in [2.24, 2.45) is 5.73 Å². The Morgan fingerprint density at radius 2 is 1.89 bits per heavy atom. The van der Waals surface area contributed by atoms with Crippen LogP contribution in [-0.2, 0) is 19.4 Å². The summed E-state index contributed by atoms with van der Waals surface area (Å²) in [5.41, 5.74) is 9.88. The fourth-order valence-corrected chi connectivity index (χ4v) is 3.35. The maximum absolute atomic E-state index is 11.8. The van der Waals surface area contributed by atoms with E-state index in [4.69, 9.17) is 10.7 Å². The molecular formula is C19H21Cl2N5O2. The topological polar surface area (TPSA) is 107 Å². The molecule has 2 aromatic heterocycles. The van der Waals surface area contributed by atoms with E-state index < -0.39 is 5.97 Å². The van der Waals surface area contributed by atoms with E-state index in [0.717, 1.165) is 22.4 Å². The number of carboxylic acid groups (broad SMARTS) is 1. The van der Waals surface area contributed by atoms with Crippen molar-refractivity contribution in [1.82, 2.24) is 19.7 Å². The van der Waals surface area contributed by atoms with Gasteiger partial charge in [-0.1, -0.05) is 30.3 Å². The van der Waals surface area contributed by atoms with E-state index in [-0.39, 0.29) is 30.5 Å². The summed E-state index contributed by atoms with van der Waals surface area (Å²) in [6.07, 6.45) is 3.83. The van der Waals surface area contributed by atoms with Gasteiger partial charge in [0.25, 0.3) is 0 Å². The second kappa shape index (κ2) is 9.14. The predicted molar refractivity (Wildman–Crippen MR) is 111 cm³/mol. The lowest BCUT2D eigenvalue weighted by Crippen LogP contribution is -2.14. The van der Waals surface area contributed by atoms with Crippen molar-refractivity contribution in [2.75, 3.05) is 6.54 Å². The van der Waals surface area contributed by atoms with Crippen LogP contribution >= 0.6 is 24.8 Å². The molecule has 0 saturated heterocycles. The third-order valence-electron chi connectivity index (χ3n) is 4.59. The Labute approximate surface area is 174 Å². The van der Waals surface area contributed by atoms with Crippen LogP contribution in [-0.4, -0.2) is 37.4 Å². The van der Waals surface area contributed by atoms with Gasteiger partial charge in [-0.2, -0.15) is 5.10 Å². The van der Waals surface area contributed by atoms with Crippen LogP contribution in [0.15, 0.2) is 36.5 Å². The smallest absolute Gasteiger partial charge is 0.354 e. The maximum Gasteiger partial charge on any atom is 0.354 e. The zero-order valence-electron chi connectivity index (χ0n) is 15.0. The molecule has 0 atom stereocenters. The van der Waals surface area contributed by atoms with Gasteiger partial charge in [-0.3, -0.25) is 4.68 Å². The average Bonchev–Trinajstić information content (AvgIpc) is 3.05. The summed E-state index contributed by atoms with van der Waals surface area (Å²) in [6.45, 7) is 0.970. The van der Waals surface area contributed by atoms with E-state index in [1.165, 1.54) is 0 Å². The number of aromatic carboxylic acids is 1. The lowest BCUT2D eigenvalue weighted by atomic mass is 9.93. The van der Waals surface area contributed by atoms with Crippen molar-refractivity contribution in [2.45, 2.75) is 25.8 Å². The molecular weight excluding hydrogens is 401 g/mol. The number of carboxylic acids is 1. The lowest BCUT2D eigenvalue weighted by Gasteiger charge is -2.15. The van der Waals surface area contributed by atoms with Crippen molar-refractivity contribution in [3.8, 4) is 22.8 Å². The van der Waals surface area contributed by atoms with Crippen molar-refractivity contribution >= 4 is 30.8 Å². The number of hydrogen-bond acceptors (Lipinski definition) is 5. The number of hydrogen-bond donors (Lipinski definition) is 2. The fraction of sp³-hybridized carbons (Fsp3) is 0.263. The van der Waals surface area contributed by atoms with E-state index in [1.54, 1.807) is 4.68 Å². The van der Waals surface area contributed by atoms with Crippen molar-refractivity contribution in [1.29, 1.82) is 0 Å². The Kier molecular flexibility index (Phi) is 7.12. The van der Waals surface area contributed by atoms with Gasteiger partial charge in [0.1, 0.15) is 11.4 Å². The van der Waals surface area contributed by atoms with Gasteiger partial charge in [0.2, 0.25) is 0 Å². The van der Waals surface area contributed by atoms with Crippen LogP contribution in [0.2, 0.25) is 0 Å². The van der Waals surface area contributed by atoms with Gasteiger partial charge < -0.3 is 10.8 Å². The number of aryl methyl sites for hydroxylation is 2. The highest BCUT2D eigenvalue weighted by atomic mass is 35.5. The SMILES string of the molecule is Cl.Cl.NCCCn1nc2c(c1C(=O)O)CCc1cnc(-c3ccccc3)nc1-2. The molecule has 3 aromatic rings. The third kappa shape index (κ3) is 3.87. The van der Waals surface area contributed by atoms with Crippen molar-refractivity contribution < 1.29 is 9.90 Å². The van der Waals surface area contributed by atoms with Crippen LogP contribution in [0.25, 0.3) is 22.8 Å². The van der Waals surface area contributed by atoms with Crippen LogP contribution in [0.4, 0.5) is 0 Å². The highest BCUT2D eigenvalue weighted by molar-refractivity contribution is 5.90. The molecule has 0 amide bonds. The fourth-order valence-electron chi connectivity index (χ4n) is 3.35. The van der Waals surface area contributed by atoms with E-state index in [0.29, 0.717) is 43.9 Å². The molecule has 0 saturated carbocycles. The molecule has 9 heteroatoms. The van der Waals surface area contributed by atoms with Gasteiger partial charge in [-0.25, -0.2) is 14.8 Å². The summed E-state index contributed by atoms with van der Waals surface area (Å²) < 4.78 is 1.55. The molecule has 0 aliphatic heterocycles. The summed E-state index contributed by atoms with van der Waals surface area (Å²) in [4.78, 5) is 21.0. The third-order valence-corrected chi connectivity index (χ3v) is 4.59. The lowest BCUT2D eigenvalue weighted by molar-refractivity contribution is 0.0681. The minimum absolute atomic E-state index is 0. The number of halogens is 2. The Balaban J connectivity index is 0.00000140. The van der Waals surface area contributed by atoms with Gasteiger partial charge in [0, 0.05) is 23.9 Å². The molecule has 1 aliphatic rings. The summed E-state index contributed by atoms with van der Waals surface area (Å²) in [5, 5.41) is 14.2. The number of nitrogens with two attached hydrogens (primary N) is 1. The molecule has 7 nitrogen and oxygen atoms in total. The largest absolute Gasteiger partial charge is 0.477 e. The van der Waals surface area contributed by atoms with Gasteiger partial charge in [-0.15, -0.1) is 24.8 Å². The molecule has 0 radical (unpaired) electrons. The molecule has 2 heterocycles. The molecule has 28 heavy (non-hydrogen) atoms. The van der Waals surface area contributed by atoms with Crippen molar-refractivity contribution in [3.63, 3.8) is 0 Å². The Morgan fingerprint density at radius 1 is 1.14 bits per heavy atom. The average molecular weight is 422 g/mol. The molecule has 0 bridgehead atoms. The predicted octanol–water partition coefficient (Wildman–Crippen LogP) is 3.00. The first-order valence-corrected chi connectivity index (χ1v) is 8.63. The number of aromatic nitrogens is 4. The summed E-state index contributed by atoms with van der Waals surface area (Å²) in [5.74, 6) is -0.345. The first kappa shape index (κ1) is 21.8. The van der Waals surface area contributed by atoms with Gasteiger partial charge in [0.05, 0.1) is 5.69 Å². The van der Waals surface area contributed by atoms with Crippen LogP contribution in [0, 0.1) is 0 Å². The maximum atomic E-state index is 11.8. The molecule has 3 N–H and O–H groups in total. The molecule has 4 rings (SSSR count). The zero-order chi connectivity index (χ0) is 18.1. The van der Waals surface area contributed by atoms with Gasteiger partial charge in [-0.05, 0) is 31.4 Å². The second-order valence-electron chi connectivity index (χ2n) is 6.28. The van der Waals surface area contributed by atoms with Gasteiger partial charge in [0.15, 0.2) is 5.82 Å². The minimum Gasteiger partial charge on any atom is -0.477 e. The Bertz CT molecular complexity index is 976. The number of fused-ring (bicyclic) bond motifs is 3. The van der Waals surface area contributed by atoms with E-state index in [1.807, 2.05) is 36.5 Å². The molecule has 148 valence electrons. The molecule has 1 aromatic carbocycles. The standard InChI is InChI=1S/C19H19N5O2.2ClH/c20-9-4-10-24-17(19(25)26)14-8-7-13-11-21-18(12-5-2-1-3-6-12)22-15(13)16(14)23-24;;/h1-3,5-6,11H,4,7-10,20H2,(H,25,26);2*1H. The highest BCUT2D eigenvalue weighted by Crippen LogP contribution is 2.34. The zero-order valence-corrected chi connectivity index (χ0v) is 16.7. The number of benzene rings is 1. The monoisotopic (exact) mass is 421 g/mol. The highest BCUT2D eigenvalue weighted by Gasteiger charge is 2.29. The van der Waals surface area contributed by atoms with Crippen molar-refractivity contribution in [3.05, 3.63) is 53.3 Å². The Hall–Kier alpha value is -2.48. The normalized spacial score (nSPS) is 11.6. The summed E-state index contributed by atoms with van der Waals surface area (Å²) in [7, 11) is 0. The number of rotatable bonds is 5. The quantitative estimate of drug-likeness (QED) is 0.655. The van der Waals surface area contributed by atoms with Crippen LogP contribution in [0.5, 0.6) is 0 Å². The van der Waals surface area contributed by atoms with Crippen LogP contribution in [0.1, 0.15) is 28.0 Å². The first-order valence-electron chi connectivity index (χ1n) is 8.63. The van der Waals surface area contributed by atoms with E-state index in [2.05, 4.69) is 10.1 Å². The molecule has 0 spiro atoms. The number of carbonyl (C=O) groups is 1. The molecule has 0 unspecified atom stereocenters. The summed E-state index contributed by atoms with van der Waals surface area (Å²) >= 11 is 0. The van der Waals surface area contributed by atoms with Crippen LogP contribution < -0.4 is 5.73 Å². The van der Waals surface area contributed by atoms with Gasteiger partial charge >= 0.3 is 5.97 Å². The first-order chi connectivity index (χ1) is 12.7. The number of nitrogens with zero attached hydrogens (tertiary/aromatic N) is 4. The molecule has 1 aliphatic carbocycles. The molecule has 0 fully saturated rings. The van der Waals surface area contributed by atoms with E-state index in [9.17, 15) is 9.90 Å².